The number of hydrogen-bond donors (Lipinski definition) is 0. The van der Waals surface area contributed by atoms with E-state index in [1.54, 1.807) is 0 Å². The van der Waals surface area contributed by atoms with Gasteiger partial charge in [-0.15, -0.1) is 0 Å². The van der Waals surface area contributed by atoms with Gasteiger partial charge in [0.25, 0.3) is 8.32 Å². The van der Waals surface area contributed by atoms with Gasteiger partial charge in [-0.1, -0.05) is 32.9 Å². The molecule has 1 fully saturated rings. The van der Waals surface area contributed by atoms with Crippen LogP contribution in [0.4, 0.5) is 0 Å². The van der Waals surface area contributed by atoms with Gasteiger partial charge in [0.15, 0.2) is 0 Å². The first-order valence-corrected chi connectivity index (χ1v) is 14.1. The third kappa shape index (κ3) is 5.33. The first kappa shape index (κ1) is 23.0. The number of ether oxygens (including phenoxy) is 2. The minimum absolute atomic E-state index is 0.0157. The molecule has 5 nitrogen and oxygen atoms in total. The molecule has 0 spiro atoms. The molecule has 1 aromatic carbocycles. The van der Waals surface area contributed by atoms with Crippen LogP contribution in [0.5, 0.6) is 5.75 Å². The molecule has 0 N–H and O–H groups in total. The van der Waals surface area contributed by atoms with Gasteiger partial charge in [0.1, 0.15) is 23.7 Å². The molecule has 0 saturated carbocycles. The van der Waals surface area contributed by atoms with Crippen LogP contribution in [0.3, 0.4) is 0 Å². The number of rotatable bonds is 5. The van der Waals surface area contributed by atoms with Gasteiger partial charge in [-0.25, -0.2) is 4.79 Å². The van der Waals surface area contributed by atoms with E-state index in [4.69, 9.17) is 13.9 Å². The zero-order valence-electron chi connectivity index (χ0n) is 19.0. The molecule has 2 bridgehead atoms. The smallest absolute Gasteiger partial charge is 0.342 e. The quantitative estimate of drug-likeness (QED) is 0.351. The van der Waals surface area contributed by atoms with Crippen molar-refractivity contribution in [1.29, 1.82) is 0 Å². The first-order chi connectivity index (χ1) is 14.1. The summed E-state index contributed by atoms with van der Waals surface area (Å²) in [5.41, 5.74) is 1.46. The third-order valence-electron chi connectivity index (χ3n) is 6.78. The highest BCUT2D eigenvalue weighted by atomic mass is 28.4. The molecule has 1 aromatic rings. The van der Waals surface area contributed by atoms with Crippen LogP contribution in [0.15, 0.2) is 18.2 Å². The minimum atomic E-state index is -2.13. The molecule has 3 rings (SSSR count). The topological polar surface area (TPSA) is 61.8 Å². The Morgan fingerprint density at radius 1 is 1.20 bits per heavy atom. The normalized spacial score (nSPS) is 25.1. The molecule has 2 aliphatic heterocycles. The lowest BCUT2D eigenvalue weighted by molar-refractivity contribution is -0.109. The zero-order valence-corrected chi connectivity index (χ0v) is 20.0. The fraction of sp³-hybridized carbons (Fsp3) is 0.667. The number of carbonyl (C=O) groups excluding carboxylic acids is 2. The number of benzene rings is 1. The van der Waals surface area contributed by atoms with E-state index in [0.717, 1.165) is 31.1 Å². The van der Waals surface area contributed by atoms with E-state index >= 15 is 0 Å². The Kier molecular flexibility index (Phi) is 7.08. The van der Waals surface area contributed by atoms with Gasteiger partial charge in [-0.2, -0.15) is 0 Å². The zero-order chi connectivity index (χ0) is 21.9. The maximum atomic E-state index is 13.4. The van der Waals surface area contributed by atoms with Crippen LogP contribution < -0.4 is 4.43 Å². The summed E-state index contributed by atoms with van der Waals surface area (Å²) in [6.07, 6.45) is 6.08. The van der Waals surface area contributed by atoms with Crippen molar-refractivity contribution in [2.75, 3.05) is 0 Å². The monoisotopic (exact) mass is 432 g/mol. The maximum absolute atomic E-state index is 13.4. The Morgan fingerprint density at radius 3 is 2.63 bits per heavy atom. The summed E-state index contributed by atoms with van der Waals surface area (Å²) >= 11 is 0. The second-order valence-corrected chi connectivity index (χ2v) is 14.9. The Morgan fingerprint density at radius 2 is 1.93 bits per heavy atom. The van der Waals surface area contributed by atoms with Crippen molar-refractivity contribution in [2.45, 2.75) is 102 Å². The molecule has 2 aliphatic rings. The Balaban J connectivity index is 1.99. The molecule has 0 unspecified atom stereocenters. The molecule has 6 heteroatoms. The lowest BCUT2D eigenvalue weighted by Crippen LogP contribution is -2.44. The van der Waals surface area contributed by atoms with Crippen LogP contribution in [0, 0.1) is 0 Å². The van der Waals surface area contributed by atoms with Crippen molar-refractivity contribution < 1.29 is 23.5 Å². The summed E-state index contributed by atoms with van der Waals surface area (Å²) in [6, 6.07) is 5.84. The Bertz CT molecular complexity index is 767. The molecular weight excluding hydrogens is 396 g/mol. The van der Waals surface area contributed by atoms with Crippen LogP contribution in [-0.4, -0.2) is 38.9 Å². The number of esters is 1. The molecule has 3 atom stereocenters. The lowest BCUT2D eigenvalue weighted by atomic mass is 9.92. The van der Waals surface area contributed by atoms with Crippen molar-refractivity contribution >= 4 is 20.6 Å². The summed E-state index contributed by atoms with van der Waals surface area (Å²) in [7, 11) is -2.13. The van der Waals surface area contributed by atoms with Crippen LogP contribution in [0.1, 0.15) is 75.2 Å². The van der Waals surface area contributed by atoms with Crippen LogP contribution in [0.2, 0.25) is 18.1 Å². The van der Waals surface area contributed by atoms with Gasteiger partial charge < -0.3 is 18.7 Å². The summed E-state index contributed by atoms with van der Waals surface area (Å²) in [5.74, 6) is 0.279. The average molecular weight is 433 g/mol. The van der Waals surface area contributed by atoms with Crippen molar-refractivity contribution in [1.82, 2.24) is 0 Å². The minimum Gasteiger partial charge on any atom is -0.543 e. The van der Waals surface area contributed by atoms with E-state index in [-0.39, 0.29) is 29.3 Å². The third-order valence-corrected chi connectivity index (χ3v) is 11.1. The molecule has 2 heterocycles. The molecule has 1 saturated heterocycles. The highest BCUT2D eigenvalue weighted by molar-refractivity contribution is 6.74. The van der Waals surface area contributed by atoms with Gasteiger partial charge in [0.2, 0.25) is 0 Å². The largest absolute Gasteiger partial charge is 0.543 e. The van der Waals surface area contributed by atoms with E-state index in [1.165, 1.54) is 0 Å². The molecule has 0 radical (unpaired) electrons. The standard InChI is InChI=1S/C24H36O5Si/c1-24(2,3)30(4,5)29-21-13-6-9-17-15-18-10-7-11-19(27-18)16-20(12-8-14-25)28-23(26)22(17)21/h6,9,13-14,18-20H,7-8,10-12,15-16H2,1-5H3/t18-,19-,20+/m1/s1. The fourth-order valence-electron chi connectivity index (χ4n) is 4.02. The summed E-state index contributed by atoms with van der Waals surface area (Å²) in [4.78, 5) is 24.3. The van der Waals surface area contributed by atoms with Gasteiger partial charge in [0.05, 0.1) is 12.2 Å². The number of aldehydes is 1. The lowest BCUT2D eigenvalue weighted by Gasteiger charge is -2.38. The number of fused-ring (bicyclic) bond motifs is 3. The molecule has 30 heavy (non-hydrogen) atoms. The van der Waals surface area contributed by atoms with Crippen molar-refractivity contribution in [3.63, 3.8) is 0 Å². The Labute approximate surface area is 181 Å². The van der Waals surface area contributed by atoms with Crippen molar-refractivity contribution in [3.05, 3.63) is 29.3 Å². The summed E-state index contributed by atoms with van der Waals surface area (Å²) in [6.45, 7) is 10.9. The SMILES string of the molecule is CC(C)(C)[Si](C)(C)Oc1cccc2c1C(=O)O[C@@H](CCC=O)C[C@H]1CCC[C@H](C2)O1. The number of carbonyl (C=O) groups is 2. The van der Waals surface area contributed by atoms with Gasteiger partial charge in [-0.05, 0) is 61.9 Å². The molecule has 0 amide bonds. The van der Waals surface area contributed by atoms with E-state index < -0.39 is 8.32 Å². The van der Waals surface area contributed by atoms with Crippen LogP contribution >= 0.6 is 0 Å². The van der Waals surface area contributed by atoms with Crippen LogP contribution in [-0.2, 0) is 20.7 Å². The molecular formula is C24H36O5Si. The first-order valence-electron chi connectivity index (χ1n) is 11.2. The second-order valence-electron chi connectivity index (χ2n) is 10.2. The van der Waals surface area contributed by atoms with Crippen molar-refractivity contribution in [2.24, 2.45) is 0 Å². The van der Waals surface area contributed by atoms with Gasteiger partial charge in [0, 0.05) is 12.8 Å². The van der Waals surface area contributed by atoms with Crippen molar-refractivity contribution in [3.8, 4) is 5.75 Å². The highest BCUT2D eigenvalue weighted by Crippen LogP contribution is 2.40. The molecule has 0 aromatic heterocycles. The van der Waals surface area contributed by atoms with E-state index in [0.29, 0.717) is 37.0 Å². The fourth-order valence-corrected chi connectivity index (χ4v) is 5.05. The predicted molar refractivity (Wildman–Crippen MR) is 120 cm³/mol. The summed E-state index contributed by atoms with van der Waals surface area (Å²) in [5, 5.41) is 0.0157. The molecule has 0 aliphatic carbocycles. The number of hydrogen-bond acceptors (Lipinski definition) is 5. The predicted octanol–water partition coefficient (Wildman–Crippen LogP) is 5.46. The average Bonchev–Trinajstić information content (AvgIpc) is 2.64. The summed E-state index contributed by atoms with van der Waals surface area (Å²) < 4.78 is 18.9. The maximum Gasteiger partial charge on any atom is 0.342 e. The van der Waals surface area contributed by atoms with Gasteiger partial charge >= 0.3 is 5.97 Å². The molecule has 166 valence electrons. The highest BCUT2D eigenvalue weighted by Gasteiger charge is 2.40. The van der Waals surface area contributed by atoms with E-state index in [2.05, 4.69) is 33.9 Å². The number of cyclic esters (lactones) is 1. The van der Waals surface area contributed by atoms with Crippen LogP contribution in [0.25, 0.3) is 0 Å². The second kappa shape index (κ2) is 9.23. The van der Waals surface area contributed by atoms with Gasteiger partial charge in [-0.3, -0.25) is 0 Å². The Hall–Kier alpha value is -1.66. The van der Waals surface area contributed by atoms with E-state index in [1.807, 2.05) is 18.2 Å². The van der Waals surface area contributed by atoms with E-state index in [9.17, 15) is 9.59 Å².